The van der Waals surface area contributed by atoms with E-state index in [9.17, 15) is 0 Å². The minimum Gasteiger partial charge on any atom is -0.493 e. The molecule has 0 amide bonds. The molecule has 0 spiro atoms. The fraction of sp³-hybridized carbons (Fsp3) is 0.200. The Kier molecular flexibility index (Phi) is 4.65. The van der Waals surface area contributed by atoms with Gasteiger partial charge in [-0.25, -0.2) is 4.68 Å². The largest absolute Gasteiger partial charge is 0.493 e. The smallest absolute Gasteiger partial charge is 0.210 e. The van der Waals surface area contributed by atoms with E-state index in [2.05, 4.69) is 17.1 Å². The molecular formula is C15H16N4OS2. The highest BCUT2D eigenvalue weighted by molar-refractivity contribution is 7.99. The predicted molar refractivity (Wildman–Crippen MR) is 90.9 cm³/mol. The van der Waals surface area contributed by atoms with Gasteiger partial charge >= 0.3 is 0 Å². The molecule has 0 unspecified atom stereocenters. The Hall–Kier alpha value is -1.99. The van der Waals surface area contributed by atoms with Gasteiger partial charge in [-0.1, -0.05) is 35.5 Å². The molecule has 0 radical (unpaired) electrons. The molecule has 114 valence electrons. The van der Waals surface area contributed by atoms with Crippen LogP contribution in [-0.2, 0) is 0 Å². The van der Waals surface area contributed by atoms with Gasteiger partial charge < -0.3 is 10.6 Å². The van der Waals surface area contributed by atoms with Crippen LogP contribution in [0.2, 0.25) is 0 Å². The maximum atomic E-state index is 6.04. The highest BCUT2D eigenvalue weighted by Gasteiger charge is 2.12. The minimum atomic E-state index is 0.592. The molecule has 0 fully saturated rings. The van der Waals surface area contributed by atoms with Crippen LogP contribution in [0.25, 0.3) is 10.7 Å². The highest BCUT2D eigenvalue weighted by Crippen LogP contribution is 2.25. The van der Waals surface area contributed by atoms with Crippen molar-refractivity contribution in [3.63, 3.8) is 0 Å². The average molecular weight is 332 g/mol. The second-order valence-corrected chi connectivity index (χ2v) is 6.67. The first-order valence-corrected chi connectivity index (χ1v) is 8.67. The van der Waals surface area contributed by atoms with Gasteiger partial charge in [0.1, 0.15) is 5.75 Å². The zero-order chi connectivity index (χ0) is 15.4. The fourth-order valence-corrected chi connectivity index (χ4v) is 3.26. The van der Waals surface area contributed by atoms with E-state index in [0.29, 0.717) is 17.6 Å². The lowest BCUT2D eigenvalue weighted by molar-refractivity contribution is 0.344. The van der Waals surface area contributed by atoms with Crippen molar-refractivity contribution in [1.82, 2.24) is 14.9 Å². The maximum absolute atomic E-state index is 6.04. The Bertz CT molecular complexity index is 723. The van der Waals surface area contributed by atoms with E-state index < -0.39 is 0 Å². The summed E-state index contributed by atoms with van der Waals surface area (Å²) in [5, 5.41) is 11.0. The molecule has 0 saturated carbocycles. The number of aromatic nitrogens is 3. The lowest BCUT2D eigenvalue weighted by Crippen LogP contribution is -2.12. The quantitative estimate of drug-likeness (QED) is 0.426. The van der Waals surface area contributed by atoms with Gasteiger partial charge in [0.05, 0.1) is 11.5 Å². The number of nitrogens with zero attached hydrogens (tertiary/aromatic N) is 3. The van der Waals surface area contributed by atoms with Gasteiger partial charge in [0.15, 0.2) is 5.82 Å². The first kappa shape index (κ1) is 14.9. The first-order chi connectivity index (χ1) is 10.7. The van der Waals surface area contributed by atoms with Crippen molar-refractivity contribution < 1.29 is 4.74 Å². The number of hydrogen-bond donors (Lipinski definition) is 1. The lowest BCUT2D eigenvalue weighted by Gasteiger charge is -2.06. The van der Waals surface area contributed by atoms with Crippen molar-refractivity contribution in [2.45, 2.75) is 12.1 Å². The van der Waals surface area contributed by atoms with Gasteiger partial charge in [-0.2, -0.15) is 0 Å². The van der Waals surface area contributed by atoms with Crippen LogP contribution in [0.3, 0.4) is 0 Å². The van der Waals surface area contributed by atoms with Crippen LogP contribution in [0.4, 0.5) is 0 Å². The van der Waals surface area contributed by atoms with Crippen LogP contribution in [-0.4, -0.2) is 27.2 Å². The van der Waals surface area contributed by atoms with Crippen molar-refractivity contribution in [3.05, 3.63) is 47.3 Å². The minimum absolute atomic E-state index is 0.592. The summed E-state index contributed by atoms with van der Waals surface area (Å²) < 4.78 is 7.21. The Balaban J connectivity index is 1.53. The summed E-state index contributed by atoms with van der Waals surface area (Å²) in [4.78, 5) is 1.01. The van der Waals surface area contributed by atoms with Crippen molar-refractivity contribution in [3.8, 4) is 16.5 Å². The molecule has 22 heavy (non-hydrogen) atoms. The Labute approximate surface area is 137 Å². The molecule has 0 atom stereocenters. The molecule has 2 N–H and O–H groups in total. The molecule has 5 nitrogen and oxygen atoms in total. The summed E-state index contributed by atoms with van der Waals surface area (Å²) in [5.41, 5.74) is 1.22. The van der Waals surface area contributed by atoms with Gasteiger partial charge in [0.25, 0.3) is 0 Å². The SMILES string of the molecule is Cc1ccc(OCCSc2nnc(-c3cccs3)n2N)cc1. The third-order valence-electron chi connectivity index (χ3n) is 3.01. The van der Waals surface area contributed by atoms with Crippen LogP contribution < -0.4 is 10.6 Å². The number of hydrogen-bond acceptors (Lipinski definition) is 6. The number of ether oxygens (including phenoxy) is 1. The van der Waals surface area contributed by atoms with Crippen LogP contribution in [0.15, 0.2) is 46.9 Å². The summed E-state index contributed by atoms with van der Waals surface area (Å²) in [6.45, 7) is 2.65. The van der Waals surface area contributed by atoms with E-state index in [4.69, 9.17) is 10.6 Å². The summed E-state index contributed by atoms with van der Waals surface area (Å²) in [5.74, 6) is 8.37. The number of aryl methyl sites for hydroxylation is 1. The molecule has 0 bridgehead atoms. The Morgan fingerprint density at radius 1 is 1.23 bits per heavy atom. The van der Waals surface area contributed by atoms with Crippen molar-refractivity contribution in [2.24, 2.45) is 0 Å². The summed E-state index contributed by atoms with van der Waals surface area (Å²) >= 11 is 3.12. The van der Waals surface area contributed by atoms with Crippen LogP contribution >= 0.6 is 23.1 Å². The Morgan fingerprint density at radius 2 is 2.05 bits per heavy atom. The van der Waals surface area contributed by atoms with Gasteiger partial charge in [-0.3, -0.25) is 0 Å². The second kappa shape index (κ2) is 6.85. The number of nitrogens with two attached hydrogens (primary N) is 1. The number of rotatable bonds is 6. The number of nitrogen functional groups attached to an aromatic ring is 1. The van der Waals surface area contributed by atoms with Crippen LogP contribution in [0.5, 0.6) is 5.75 Å². The maximum Gasteiger partial charge on any atom is 0.210 e. The van der Waals surface area contributed by atoms with Crippen LogP contribution in [0.1, 0.15) is 5.56 Å². The standard InChI is InChI=1S/C15H16N4OS2/c1-11-4-6-12(7-5-11)20-8-10-22-15-18-17-14(19(15)16)13-3-2-9-21-13/h2-7,9H,8,10,16H2,1H3. The molecule has 2 aromatic heterocycles. The van der Waals surface area contributed by atoms with E-state index in [1.807, 2.05) is 41.8 Å². The highest BCUT2D eigenvalue weighted by atomic mass is 32.2. The van der Waals surface area contributed by atoms with Gasteiger partial charge in [0.2, 0.25) is 5.16 Å². The number of thiophene rings is 1. The monoisotopic (exact) mass is 332 g/mol. The zero-order valence-electron chi connectivity index (χ0n) is 12.1. The third-order valence-corrected chi connectivity index (χ3v) is 4.78. The van der Waals surface area contributed by atoms with Gasteiger partial charge in [-0.15, -0.1) is 21.5 Å². The second-order valence-electron chi connectivity index (χ2n) is 4.66. The molecular weight excluding hydrogens is 316 g/mol. The average Bonchev–Trinajstić information content (AvgIpc) is 3.16. The number of benzene rings is 1. The zero-order valence-corrected chi connectivity index (χ0v) is 13.7. The molecule has 0 saturated heterocycles. The molecule has 2 heterocycles. The summed E-state index contributed by atoms with van der Waals surface area (Å²) in [7, 11) is 0. The Morgan fingerprint density at radius 3 is 2.77 bits per heavy atom. The molecule has 0 aliphatic rings. The molecule has 0 aliphatic heterocycles. The topological polar surface area (TPSA) is 66.0 Å². The van der Waals surface area contributed by atoms with Crippen molar-refractivity contribution >= 4 is 23.1 Å². The van der Waals surface area contributed by atoms with E-state index in [1.54, 1.807) is 11.3 Å². The third kappa shape index (κ3) is 3.42. The van der Waals surface area contributed by atoms with Crippen molar-refractivity contribution in [2.75, 3.05) is 18.2 Å². The molecule has 3 aromatic rings. The van der Waals surface area contributed by atoms with E-state index in [-0.39, 0.29) is 0 Å². The normalized spacial score (nSPS) is 10.8. The lowest BCUT2D eigenvalue weighted by atomic mass is 10.2. The predicted octanol–water partition coefficient (Wildman–Crippen LogP) is 3.20. The molecule has 0 aliphatic carbocycles. The van der Waals surface area contributed by atoms with E-state index >= 15 is 0 Å². The molecule has 1 aromatic carbocycles. The molecule has 3 rings (SSSR count). The first-order valence-electron chi connectivity index (χ1n) is 6.80. The van der Waals surface area contributed by atoms with E-state index in [0.717, 1.165) is 16.4 Å². The van der Waals surface area contributed by atoms with Gasteiger partial charge in [-0.05, 0) is 30.5 Å². The van der Waals surface area contributed by atoms with Crippen molar-refractivity contribution in [1.29, 1.82) is 0 Å². The number of thioether (sulfide) groups is 1. The van der Waals surface area contributed by atoms with Crippen LogP contribution in [0, 0.1) is 6.92 Å². The fourth-order valence-electron chi connectivity index (χ4n) is 1.88. The summed E-state index contributed by atoms with van der Waals surface area (Å²) in [6, 6.07) is 12.0. The molecule has 7 heteroatoms. The summed E-state index contributed by atoms with van der Waals surface area (Å²) in [6.07, 6.45) is 0. The van der Waals surface area contributed by atoms with E-state index in [1.165, 1.54) is 22.0 Å². The van der Waals surface area contributed by atoms with Gasteiger partial charge in [0, 0.05) is 5.75 Å².